The summed E-state index contributed by atoms with van der Waals surface area (Å²) in [6, 6.07) is 9.29. The number of hydrogen-bond acceptors (Lipinski definition) is 3. The topological polar surface area (TPSA) is 38.5 Å². The zero-order chi connectivity index (χ0) is 14.5. The molecule has 1 aromatic carbocycles. The van der Waals surface area contributed by atoms with Crippen molar-refractivity contribution in [2.75, 3.05) is 26.2 Å². The number of para-hydroxylation sites is 1. The van der Waals surface area contributed by atoms with Crippen LogP contribution >= 0.6 is 0 Å². The van der Waals surface area contributed by atoms with Gasteiger partial charge in [0, 0.05) is 31.6 Å². The van der Waals surface area contributed by atoms with Gasteiger partial charge in [-0.1, -0.05) is 37.5 Å². The van der Waals surface area contributed by atoms with Crippen LogP contribution in [0.3, 0.4) is 0 Å². The summed E-state index contributed by atoms with van der Waals surface area (Å²) >= 11 is 0. The molecule has 0 radical (unpaired) electrons. The summed E-state index contributed by atoms with van der Waals surface area (Å²) in [5.74, 6) is 1.69. The lowest BCUT2D eigenvalue weighted by Gasteiger charge is -2.38. The first kappa shape index (κ1) is 14.9. The second-order valence-corrected chi connectivity index (χ2v) is 6.45. The first-order chi connectivity index (χ1) is 10.4. The van der Waals surface area contributed by atoms with Gasteiger partial charge in [-0.3, -0.25) is 4.90 Å². The van der Waals surface area contributed by atoms with Gasteiger partial charge in [-0.15, -0.1) is 0 Å². The average Bonchev–Trinajstić information content (AvgIpc) is 2.55. The van der Waals surface area contributed by atoms with Crippen LogP contribution in [0.4, 0.5) is 0 Å². The molecule has 1 saturated carbocycles. The highest BCUT2D eigenvalue weighted by molar-refractivity contribution is 5.37. The summed E-state index contributed by atoms with van der Waals surface area (Å²) in [5.41, 5.74) is 7.26. The molecule has 1 fully saturated rings. The molecule has 116 valence electrons. The summed E-state index contributed by atoms with van der Waals surface area (Å²) in [4.78, 5) is 2.66. The van der Waals surface area contributed by atoms with E-state index < -0.39 is 0 Å². The van der Waals surface area contributed by atoms with Crippen molar-refractivity contribution in [3.05, 3.63) is 29.8 Å². The third-order valence-corrected chi connectivity index (χ3v) is 5.05. The van der Waals surface area contributed by atoms with Crippen molar-refractivity contribution in [1.29, 1.82) is 0 Å². The highest BCUT2D eigenvalue weighted by Crippen LogP contribution is 2.35. The SMILES string of the molecule is NCCN(CC1CCOc2ccccc21)C1CCCCC1. The van der Waals surface area contributed by atoms with Crippen LogP contribution in [0.2, 0.25) is 0 Å². The van der Waals surface area contributed by atoms with Crippen molar-refractivity contribution >= 4 is 0 Å². The number of fused-ring (bicyclic) bond motifs is 1. The predicted octanol–water partition coefficient (Wildman–Crippen LogP) is 3.15. The molecule has 0 spiro atoms. The molecule has 2 N–H and O–H groups in total. The summed E-state index contributed by atoms with van der Waals surface area (Å²) in [5, 5.41) is 0. The molecule has 2 aliphatic rings. The van der Waals surface area contributed by atoms with Crippen LogP contribution in [0, 0.1) is 0 Å². The highest BCUT2D eigenvalue weighted by Gasteiger charge is 2.27. The van der Waals surface area contributed by atoms with Gasteiger partial charge in [0.05, 0.1) is 6.61 Å². The fourth-order valence-electron chi connectivity index (χ4n) is 3.92. The Morgan fingerprint density at radius 1 is 1.10 bits per heavy atom. The van der Waals surface area contributed by atoms with E-state index in [4.69, 9.17) is 10.5 Å². The lowest BCUT2D eigenvalue weighted by Crippen LogP contribution is -2.42. The lowest BCUT2D eigenvalue weighted by atomic mass is 9.89. The van der Waals surface area contributed by atoms with E-state index in [2.05, 4.69) is 29.2 Å². The number of benzene rings is 1. The Bertz CT molecular complexity index is 443. The number of rotatable bonds is 5. The number of nitrogens with two attached hydrogens (primary N) is 1. The summed E-state index contributed by atoms with van der Waals surface area (Å²) < 4.78 is 5.80. The molecule has 21 heavy (non-hydrogen) atoms. The minimum Gasteiger partial charge on any atom is -0.493 e. The monoisotopic (exact) mass is 288 g/mol. The second kappa shape index (κ2) is 7.28. The van der Waals surface area contributed by atoms with Crippen LogP contribution < -0.4 is 10.5 Å². The molecule has 0 amide bonds. The molecule has 3 heteroatoms. The molecule has 0 bridgehead atoms. The quantitative estimate of drug-likeness (QED) is 0.904. The molecule has 1 aromatic rings. The zero-order valence-electron chi connectivity index (χ0n) is 13.0. The normalized spacial score (nSPS) is 22.9. The minimum absolute atomic E-state index is 0.600. The van der Waals surface area contributed by atoms with Crippen molar-refractivity contribution in [3.8, 4) is 5.75 Å². The van der Waals surface area contributed by atoms with E-state index >= 15 is 0 Å². The molecule has 1 heterocycles. The van der Waals surface area contributed by atoms with E-state index in [0.29, 0.717) is 5.92 Å². The third-order valence-electron chi connectivity index (χ3n) is 5.05. The second-order valence-electron chi connectivity index (χ2n) is 6.45. The maximum absolute atomic E-state index is 5.87. The van der Waals surface area contributed by atoms with Crippen LogP contribution in [0.15, 0.2) is 24.3 Å². The molecule has 1 atom stereocenters. The van der Waals surface area contributed by atoms with Gasteiger partial charge < -0.3 is 10.5 Å². The minimum atomic E-state index is 0.600. The summed E-state index contributed by atoms with van der Waals surface area (Å²) in [7, 11) is 0. The zero-order valence-corrected chi connectivity index (χ0v) is 13.0. The largest absolute Gasteiger partial charge is 0.493 e. The first-order valence-electron chi connectivity index (χ1n) is 8.54. The molecular weight excluding hydrogens is 260 g/mol. The smallest absolute Gasteiger partial charge is 0.122 e. The van der Waals surface area contributed by atoms with Crippen LogP contribution in [0.1, 0.15) is 50.0 Å². The molecule has 0 aromatic heterocycles. The Labute approximate surface area is 128 Å². The van der Waals surface area contributed by atoms with Crippen molar-refractivity contribution in [2.24, 2.45) is 5.73 Å². The molecule has 3 nitrogen and oxygen atoms in total. The number of ether oxygens (including phenoxy) is 1. The van der Waals surface area contributed by atoms with Gasteiger partial charge in [0.1, 0.15) is 5.75 Å². The van der Waals surface area contributed by atoms with Gasteiger partial charge >= 0.3 is 0 Å². The van der Waals surface area contributed by atoms with Gasteiger partial charge in [0.25, 0.3) is 0 Å². The molecule has 3 rings (SSSR count). The molecule has 1 aliphatic heterocycles. The summed E-state index contributed by atoms with van der Waals surface area (Å²) in [6.45, 7) is 3.79. The van der Waals surface area contributed by atoms with E-state index in [1.165, 1.54) is 37.7 Å². The standard InChI is InChI=1S/C18H28N2O/c19-11-12-20(16-6-2-1-3-7-16)14-15-10-13-21-18-9-5-4-8-17(15)18/h4-5,8-9,15-16H,1-3,6-7,10-14,19H2. The van der Waals surface area contributed by atoms with Crippen LogP contribution in [-0.4, -0.2) is 37.2 Å². The van der Waals surface area contributed by atoms with E-state index in [-0.39, 0.29) is 0 Å². The number of hydrogen-bond donors (Lipinski definition) is 1. The van der Waals surface area contributed by atoms with Gasteiger partial charge in [-0.2, -0.15) is 0 Å². The maximum atomic E-state index is 5.87. The van der Waals surface area contributed by atoms with Crippen LogP contribution in [0.25, 0.3) is 0 Å². The van der Waals surface area contributed by atoms with Crippen molar-refractivity contribution < 1.29 is 4.74 Å². The van der Waals surface area contributed by atoms with E-state index in [1.54, 1.807) is 0 Å². The fraction of sp³-hybridized carbons (Fsp3) is 0.667. The Balaban J connectivity index is 1.71. The number of nitrogens with zero attached hydrogens (tertiary/aromatic N) is 1. The fourth-order valence-corrected chi connectivity index (χ4v) is 3.92. The Kier molecular flexibility index (Phi) is 5.15. The van der Waals surface area contributed by atoms with Crippen molar-refractivity contribution in [2.45, 2.75) is 50.5 Å². The van der Waals surface area contributed by atoms with Crippen molar-refractivity contribution in [1.82, 2.24) is 4.90 Å². The Morgan fingerprint density at radius 2 is 1.90 bits per heavy atom. The average molecular weight is 288 g/mol. The first-order valence-corrected chi connectivity index (χ1v) is 8.54. The predicted molar refractivity (Wildman–Crippen MR) is 86.8 cm³/mol. The van der Waals surface area contributed by atoms with E-state index in [1.807, 2.05) is 0 Å². The maximum Gasteiger partial charge on any atom is 0.122 e. The van der Waals surface area contributed by atoms with Crippen LogP contribution in [-0.2, 0) is 0 Å². The molecule has 1 aliphatic carbocycles. The lowest BCUT2D eigenvalue weighted by molar-refractivity contribution is 0.138. The van der Waals surface area contributed by atoms with E-state index in [9.17, 15) is 0 Å². The van der Waals surface area contributed by atoms with Gasteiger partial charge in [-0.05, 0) is 30.9 Å². The third kappa shape index (κ3) is 3.58. The molecule has 1 unspecified atom stereocenters. The van der Waals surface area contributed by atoms with Gasteiger partial charge in [-0.25, -0.2) is 0 Å². The Hall–Kier alpha value is -1.06. The molecule has 0 saturated heterocycles. The highest BCUT2D eigenvalue weighted by atomic mass is 16.5. The Morgan fingerprint density at radius 3 is 2.71 bits per heavy atom. The van der Waals surface area contributed by atoms with Crippen molar-refractivity contribution in [3.63, 3.8) is 0 Å². The van der Waals surface area contributed by atoms with E-state index in [0.717, 1.165) is 44.5 Å². The van der Waals surface area contributed by atoms with Gasteiger partial charge in [0.15, 0.2) is 0 Å². The molecular formula is C18H28N2O. The van der Waals surface area contributed by atoms with Crippen LogP contribution in [0.5, 0.6) is 5.75 Å². The summed E-state index contributed by atoms with van der Waals surface area (Å²) in [6.07, 6.45) is 8.01. The van der Waals surface area contributed by atoms with Gasteiger partial charge in [0.2, 0.25) is 0 Å².